The first kappa shape index (κ1) is 24.4. The van der Waals surface area contributed by atoms with Crippen molar-refractivity contribution < 1.29 is 22.7 Å². The Labute approximate surface area is 191 Å². The Morgan fingerprint density at radius 2 is 1.85 bits per heavy atom. The zero-order chi connectivity index (χ0) is 24.2. The molecular formula is C24H29F3N4O2. The third kappa shape index (κ3) is 5.58. The number of hydrogen-bond acceptors (Lipinski definition) is 4. The molecule has 9 heteroatoms. The number of nitrogens with one attached hydrogen (secondary N) is 1. The van der Waals surface area contributed by atoms with Gasteiger partial charge in [-0.05, 0) is 63.6 Å². The number of aromatic nitrogens is 2. The minimum Gasteiger partial charge on any atom is -0.436 e. The third-order valence-corrected chi connectivity index (χ3v) is 5.61. The molecule has 1 N–H and O–H groups in total. The van der Waals surface area contributed by atoms with Crippen molar-refractivity contribution in [1.82, 2.24) is 9.55 Å². The first-order valence-corrected chi connectivity index (χ1v) is 11.0. The van der Waals surface area contributed by atoms with Crippen molar-refractivity contribution in [3.05, 3.63) is 53.9 Å². The summed E-state index contributed by atoms with van der Waals surface area (Å²) in [5.41, 5.74) is 3.45. The van der Waals surface area contributed by atoms with Crippen molar-refractivity contribution in [2.75, 3.05) is 23.3 Å². The lowest BCUT2D eigenvalue weighted by Crippen LogP contribution is -2.37. The number of carbonyl (C=O) groups is 1. The monoisotopic (exact) mass is 462 g/mol. The number of para-hydroxylation sites is 2. The highest BCUT2D eigenvalue weighted by atomic mass is 19.4. The highest BCUT2D eigenvalue weighted by Gasteiger charge is 2.44. The fraction of sp³-hybridized carbons (Fsp3) is 0.417. The van der Waals surface area contributed by atoms with Crippen LogP contribution in [0.15, 0.2) is 42.5 Å². The van der Waals surface area contributed by atoms with Gasteiger partial charge in [0.15, 0.2) is 0 Å². The Hall–Kier alpha value is -3.23. The second kappa shape index (κ2) is 10.1. The SMILES string of the molecule is CCN(CC)c1ccc(NC(=O)OC(Cc2nc3ccccc3n2CC)C(F)(F)F)c(C)c1. The van der Waals surface area contributed by atoms with Crippen LogP contribution in [-0.2, 0) is 17.7 Å². The molecule has 33 heavy (non-hydrogen) atoms. The maximum Gasteiger partial charge on any atom is 0.426 e. The van der Waals surface area contributed by atoms with Gasteiger partial charge < -0.3 is 14.2 Å². The van der Waals surface area contributed by atoms with Gasteiger partial charge in [-0.2, -0.15) is 13.2 Å². The lowest BCUT2D eigenvalue weighted by Gasteiger charge is -2.23. The summed E-state index contributed by atoms with van der Waals surface area (Å²) in [6, 6.07) is 12.5. The summed E-state index contributed by atoms with van der Waals surface area (Å²) in [6.45, 7) is 9.77. The molecule has 0 aliphatic rings. The minimum atomic E-state index is -4.74. The summed E-state index contributed by atoms with van der Waals surface area (Å²) in [5.74, 6) is 0.216. The molecule has 1 amide bonds. The van der Waals surface area contributed by atoms with E-state index < -0.39 is 24.8 Å². The van der Waals surface area contributed by atoms with Crippen molar-refractivity contribution in [3.63, 3.8) is 0 Å². The van der Waals surface area contributed by atoms with Crippen LogP contribution in [0.1, 0.15) is 32.2 Å². The minimum absolute atomic E-state index is 0.216. The second-order valence-corrected chi connectivity index (χ2v) is 7.70. The first-order chi connectivity index (χ1) is 15.7. The smallest absolute Gasteiger partial charge is 0.426 e. The summed E-state index contributed by atoms with van der Waals surface area (Å²) < 4.78 is 47.8. The number of benzene rings is 2. The molecule has 0 fully saturated rings. The predicted octanol–water partition coefficient (Wildman–Crippen LogP) is 5.93. The zero-order valence-corrected chi connectivity index (χ0v) is 19.2. The van der Waals surface area contributed by atoms with E-state index in [1.54, 1.807) is 41.8 Å². The average molecular weight is 463 g/mol. The van der Waals surface area contributed by atoms with E-state index in [4.69, 9.17) is 4.74 Å². The topological polar surface area (TPSA) is 59.4 Å². The zero-order valence-electron chi connectivity index (χ0n) is 19.2. The number of ether oxygens (including phenoxy) is 1. The van der Waals surface area contributed by atoms with E-state index in [9.17, 15) is 18.0 Å². The number of anilines is 2. The van der Waals surface area contributed by atoms with Crippen LogP contribution in [0.3, 0.4) is 0 Å². The molecule has 3 aromatic rings. The number of rotatable bonds is 8. The van der Waals surface area contributed by atoms with Crippen LogP contribution >= 0.6 is 0 Å². The molecule has 178 valence electrons. The van der Waals surface area contributed by atoms with Gasteiger partial charge in [0, 0.05) is 31.0 Å². The lowest BCUT2D eigenvalue weighted by molar-refractivity contribution is -0.202. The third-order valence-electron chi connectivity index (χ3n) is 5.61. The van der Waals surface area contributed by atoms with Gasteiger partial charge in [0.25, 0.3) is 0 Å². The van der Waals surface area contributed by atoms with Gasteiger partial charge in [0.05, 0.1) is 17.5 Å². The number of carbonyl (C=O) groups excluding carboxylic acids is 1. The molecule has 1 aromatic heterocycles. The standard InChI is InChI=1S/C24H29F3N4O2/c1-5-30(6-2)17-12-13-18(16(4)14-17)29-23(32)33-21(24(25,26)27)15-22-28-19-10-8-9-11-20(19)31(22)7-3/h8-14,21H,5-7,15H2,1-4H3,(H,29,32). The van der Waals surface area contributed by atoms with Crippen LogP contribution in [-0.4, -0.2) is 41.0 Å². The van der Waals surface area contributed by atoms with E-state index in [1.165, 1.54) is 0 Å². The fourth-order valence-corrected chi connectivity index (χ4v) is 3.87. The normalized spacial score (nSPS) is 12.6. The van der Waals surface area contributed by atoms with Gasteiger partial charge in [0.2, 0.25) is 6.10 Å². The fourth-order valence-electron chi connectivity index (χ4n) is 3.87. The molecule has 0 aliphatic heterocycles. The van der Waals surface area contributed by atoms with E-state index in [1.807, 2.05) is 32.9 Å². The Morgan fingerprint density at radius 3 is 2.45 bits per heavy atom. The maximum absolute atomic E-state index is 13.7. The van der Waals surface area contributed by atoms with Crippen LogP contribution in [0.4, 0.5) is 29.3 Å². The van der Waals surface area contributed by atoms with Crippen LogP contribution in [0, 0.1) is 6.92 Å². The number of nitrogens with zero attached hydrogens (tertiary/aromatic N) is 3. The number of aryl methyl sites for hydroxylation is 2. The van der Waals surface area contributed by atoms with Crippen molar-refractivity contribution in [1.29, 1.82) is 0 Å². The van der Waals surface area contributed by atoms with Crippen LogP contribution in [0.2, 0.25) is 0 Å². The number of alkyl halides is 3. The molecule has 2 aromatic carbocycles. The Balaban J connectivity index is 1.77. The first-order valence-electron chi connectivity index (χ1n) is 11.0. The molecule has 1 atom stereocenters. The summed E-state index contributed by atoms with van der Waals surface area (Å²) in [4.78, 5) is 18.9. The summed E-state index contributed by atoms with van der Waals surface area (Å²) >= 11 is 0. The molecule has 1 heterocycles. The van der Waals surface area contributed by atoms with E-state index >= 15 is 0 Å². The highest BCUT2D eigenvalue weighted by Crippen LogP contribution is 2.28. The van der Waals surface area contributed by atoms with Gasteiger partial charge >= 0.3 is 12.3 Å². The summed E-state index contributed by atoms with van der Waals surface area (Å²) in [6.07, 6.45) is -8.79. The molecular weight excluding hydrogens is 433 g/mol. The average Bonchev–Trinajstić information content (AvgIpc) is 3.12. The molecule has 3 rings (SSSR count). The molecule has 0 bridgehead atoms. The largest absolute Gasteiger partial charge is 0.436 e. The van der Waals surface area contributed by atoms with Gasteiger partial charge in [-0.1, -0.05) is 12.1 Å². The Morgan fingerprint density at radius 1 is 1.15 bits per heavy atom. The summed E-state index contributed by atoms with van der Waals surface area (Å²) in [5, 5.41) is 2.45. The Kier molecular flexibility index (Phi) is 7.50. The quantitative estimate of drug-likeness (QED) is 0.451. The van der Waals surface area contributed by atoms with Gasteiger partial charge in [-0.15, -0.1) is 0 Å². The van der Waals surface area contributed by atoms with Gasteiger partial charge in [0.1, 0.15) is 5.82 Å². The Bertz CT molecular complexity index is 1110. The predicted molar refractivity (Wildman–Crippen MR) is 124 cm³/mol. The number of fused-ring (bicyclic) bond motifs is 1. The molecule has 0 aliphatic carbocycles. The van der Waals surface area contributed by atoms with E-state index in [-0.39, 0.29) is 5.82 Å². The molecule has 0 saturated heterocycles. The number of amides is 1. The molecule has 0 spiro atoms. The van der Waals surface area contributed by atoms with Gasteiger partial charge in [-0.25, -0.2) is 9.78 Å². The number of halogens is 3. The summed E-state index contributed by atoms with van der Waals surface area (Å²) in [7, 11) is 0. The van der Waals surface area contributed by atoms with E-state index in [2.05, 4.69) is 15.2 Å². The molecule has 6 nitrogen and oxygen atoms in total. The molecule has 1 unspecified atom stereocenters. The van der Waals surface area contributed by atoms with Gasteiger partial charge in [-0.3, -0.25) is 5.32 Å². The van der Waals surface area contributed by atoms with Crippen LogP contribution in [0.25, 0.3) is 11.0 Å². The van der Waals surface area contributed by atoms with Crippen molar-refractivity contribution >= 4 is 28.5 Å². The van der Waals surface area contributed by atoms with Crippen LogP contribution < -0.4 is 10.2 Å². The highest BCUT2D eigenvalue weighted by molar-refractivity contribution is 5.86. The molecule has 0 radical (unpaired) electrons. The van der Waals surface area contributed by atoms with E-state index in [0.29, 0.717) is 17.7 Å². The van der Waals surface area contributed by atoms with Crippen LogP contribution in [0.5, 0.6) is 0 Å². The number of hydrogen-bond donors (Lipinski definition) is 1. The van der Waals surface area contributed by atoms with E-state index in [0.717, 1.165) is 29.9 Å². The van der Waals surface area contributed by atoms with Crippen molar-refractivity contribution in [3.8, 4) is 0 Å². The maximum atomic E-state index is 13.7. The van der Waals surface area contributed by atoms with Crippen molar-refractivity contribution in [2.45, 2.75) is 52.9 Å². The second-order valence-electron chi connectivity index (χ2n) is 7.70. The lowest BCUT2D eigenvalue weighted by atomic mass is 10.1. The van der Waals surface area contributed by atoms with Crippen molar-refractivity contribution in [2.24, 2.45) is 0 Å². The number of imidazole rings is 1. The molecule has 0 saturated carbocycles.